The van der Waals surface area contributed by atoms with Gasteiger partial charge in [-0.05, 0) is 18.9 Å². The number of ether oxygens (including phenoxy) is 2. The lowest BCUT2D eigenvalue weighted by Crippen LogP contribution is -2.48. The first-order valence-corrected chi connectivity index (χ1v) is 6.66. The molecule has 2 aliphatic rings. The van der Waals surface area contributed by atoms with Gasteiger partial charge in [0, 0.05) is 18.7 Å². The molecule has 3 rings (SSSR count). The molecule has 0 unspecified atom stereocenters. The maximum Gasteiger partial charge on any atom is 0.144 e. The third-order valence-corrected chi connectivity index (χ3v) is 3.71. The van der Waals surface area contributed by atoms with Crippen LogP contribution in [0.5, 0.6) is 5.75 Å². The van der Waals surface area contributed by atoms with Gasteiger partial charge in [-0.15, -0.1) is 0 Å². The molecule has 0 spiro atoms. The van der Waals surface area contributed by atoms with Crippen LogP contribution in [-0.2, 0) is 11.3 Å². The SMILES string of the molecule is COc1cccc2c1N(N1CCCCC1)COC2. The van der Waals surface area contributed by atoms with Gasteiger partial charge >= 0.3 is 0 Å². The second-order valence-corrected chi connectivity index (χ2v) is 4.86. The molecule has 1 saturated heterocycles. The molecule has 1 fully saturated rings. The van der Waals surface area contributed by atoms with Gasteiger partial charge in [-0.25, -0.2) is 5.01 Å². The molecule has 18 heavy (non-hydrogen) atoms. The molecule has 4 nitrogen and oxygen atoms in total. The molecule has 0 N–H and O–H groups in total. The fourth-order valence-electron chi connectivity index (χ4n) is 2.79. The molecule has 4 heteroatoms. The summed E-state index contributed by atoms with van der Waals surface area (Å²) >= 11 is 0. The average molecular weight is 248 g/mol. The Balaban J connectivity index is 1.94. The van der Waals surface area contributed by atoms with Crippen molar-refractivity contribution in [2.45, 2.75) is 25.9 Å². The van der Waals surface area contributed by atoms with Gasteiger partial charge in [0.25, 0.3) is 0 Å². The predicted molar refractivity (Wildman–Crippen MR) is 70.6 cm³/mol. The van der Waals surface area contributed by atoms with Crippen molar-refractivity contribution in [3.05, 3.63) is 23.8 Å². The maximum atomic E-state index is 5.69. The number of methoxy groups -OCH3 is 1. The van der Waals surface area contributed by atoms with Crippen molar-refractivity contribution in [2.75, 3.05) is 31.9 Å². The summed E-state index contributed by atoms with van der Waals surface area (Å²) in [5.74, 6) is 0.946. The summed E-state index contributed by atoms with van der Waals surface area (Å²) in [5.41, 5.74) is 2.40. The zero-order chi connectivity index (χ0) is 12.4. The van der Waals surface area contributed by atoms with Gasteiger partial charge in [0.05, 0.1) is 13.7 Å². The van der Waals surface area contributed by atoms with Crippen molar-refractivity contribution >= 4 is 5.69 Å². The first-order chi connectivity index (χ1) is 8.90. The lowest BCUT2D eigenvalue weighted by atomic mass is 10.1. The van der Waals surface area contributed by atoms with Gasteiger partial charge in [0.15, 0.2) is 0 Å². The van der Waals surface area contributed by atoms with Crippen LogP contribution < -0.4 is 9.75 Å². The first kappa shape index (κ1) is 11.8. The van der Waals surface area contributed by atoms with Crippen molar-refractivity contribution in [3.8, 4) is 5.75 Å². The highest BCUT2D eigenvalue weighted by Crippen LogP contribution is 2.36. The van der Waals surface area contributed by atoms with Crippen molar-refractivity contribution < 1.29 is 9.47 Å². The molecule has 0 atom stereocenters. The largest absolute Gasteiger partial charge is 0.495 e. The molecule has 1 aromatic rings. The lowest BCUT2D eigenvalue weighted by Gasteiger charge is -2.42. The molecule has 0 saturated carbocycles. The van der Waals surface area contributed by atoms with Gasteiger partial charge in [0.2, 0.25) is 0 Å². The third-order valence-electron chi connectivity index (χ3n) is 3.71. The van der Waals surface area contributed by atoms with Crippen LogP contribution >= 0.6 is 0 Å². The van der Waals surface area contributed by atoms with Crippen LogP contribution in [0.4, 0.5) is 5.69 Å². The number of para-hydroxylation sites is 1. The predicted octanol–water partition coefficient (Wildman–Crippen LogP) is 2.39. The van der Waals surface area contributed by atoms with Gasteiger partial charge in [-0.3, -0.25) is 5.01 Å². The Bertz CT molecular complexity index is 402. The van der Waals surface area contributed by atoms with Crippen LogP contribution in [0, 0.1) is 0 Å². The van der Waals surface area contributed by atoms with E-state index in [4.69, 9.17) is 9.47 Å². The van der Waals surface area contributed by atoms with Crippen LogP contribution in [0.2, 0.25) is 0 Å². The summed E-state index contributed by atoms with van der Waals surface area (Å²) in [4.78, 5) is 0. The molecular formula is C14H20N2O2. The van der Waals surface area contributed by atoms with E-state index >= 15 is 0 Å². The summed E-state index contributed by atoms with van der Waals surface area (Å²) in [5, 5.41) is 4.64. The highest BCUT2D eigenvalue weighted by Gasteiger charge is 2.27. The van der Waals surface area contributed by atoms with Gasteiger partial charge in [-0.1, -0.05) is 18.6 Å². The van der Waals surface area contributed by atoms with Crippen molar-refractivity contribution in [1.82, 2.24) is 5.01 Å². The van der Waals surface area contributed by atoms with Crippen LogP contribution in [0.1, 0.15) is 24.8 Å². The van der Waals surface area contributed by atoms with Gasteiger partial charge in [-0.2, -0.15) is 0 Å². The number of nitrogens with zero attached hydrogens (tertiary/aromatic N) is 2. The summed E-state index contributed by atoms with van der Waals surface area (Å²) in [6.07, 6.45) is 3.87. The average Bonchev–Trinajstić information content (AvgIpc) is 2.47. The zero-order valence-electron chi connectivity index (χ0n) is 10.9. The first-order valence-electron chi connectivity index (χ1n) is 6.66. The fourth-order valence-corrected chi connectivity index (χ4v) is 2.79. The Labute approximate surface area is 108 Å². The van der Waals surface area contributed by atoms with E-state index in [0.29, 0.717) is 13.3 Å². The van der Waals surface area contributed by atoms with E-state index in [2.05, 4.69) is 16.1 Å². The molecule has 0 amide bonds. The minimum atomic E-state index is 0.632. The second kappa shape index (κ2) is 5.16. The molecule has 0 aromatic heterocycles. The number of hydrogen-bond donors (Lipinski definition) is 0. The van der Waals surface area contributed by atoms with Crippen LogP contribution in [0.15, 0.2) is 18.2 Å². The molecule has 2 heterocycles. The van der Waals surface area contributed by atoms with Crippen molar-refractivity contribution in [3.63, 3.8) is 0 Å². The number of fused-ring (bicyclic) bond motifs is 1. The summed E-state index contributed by atoms with van der Waals surface area (Å²) in [6, 6.07) is 6.18. The molecule has 98 valence electrons. The monoisotopic (exact) mass is 248 g/mol. The summed E-state index contributed by atoms with van der Waals surface area (Å²) in [7, 11) is 1.74. The summed E-state index contributed by atoms with van der Waals surface area (Å²) in [6.45, 7) is 3.53. The zero-order valence-corrected chi connectivity index (χ0v) is 10.9. The Morgan fingerprint density at radius 2 is 2.00 bits per heavy atom. The van der Waals surface area contributed by atoms with E-state index in [1.165, 1.54) is 30.5 Å². The van der Waals surface area contributed by atoms with Gasteiger partial charge in [0.1, 0.15) is 18.2 Å². The molecule has 0 radical (unpaired) electrons. The van der Waals surface area contributed by atoms with Crippen LogP contribution in [0.3, 0.4) is 0 Å². The van der Waals surface area contributed by atoms with E-state index in [1.54, 1.807) is 7.11 Å². The molecular weight excluding hydrogens is 228 g/mol. The smallest absolute Gasteiger partial charge is 0.144 e. The van der Waals surface area contributed by atoms with E-state index in [9.17, 15) is 0 Å². The molecule has 1 aromatic carbocycles. The Hall–Kier alpha value is -1.26. The highest BCUT2D eigenvalue weighted by atomic mass is 16.5. The third kappa shape index (κ3) is 2.06. The van der Waals surface area contributed by atoms with E-state index in [0.717, 1.165) is 18.8 Å². The van der Waals surface area contributed by atoms with Crippen LogP contribution in [-0.4, -0.2) is 31.9 Å². The molecule has 0 bridgehead atoms. The number of hydrogen-bond acceptors (Lipinski definition) is 4. The number of hydrazine groups is 1. The van der Waals surface area contributed by atoms with E-state index in [-0.39, 0.29) is 0 Å². The minimum absolute atomic E-state index is 0.632. The topological polar surface area (TPSA) is 24.9 Å². The second-order valence-electron chi connectivity index (χ2n) is 4.86. The fraction of sp³-hybridized carbons (Fsp3) is 0.571. The Morgan fingerprint density at radius 1 is 1.17 bits per heavy atom. The lowest BCUT2D eigenvalue weighted by molar-refractivity contribution is 0.0562. The number of rotatable bonds is 2. The quantitative estimate of drug-likeness (QED) is 0.802. The molecule has 0 aliphatic carbocycles. The molecule has 2 aliphatic heterocycles. The van der Waals surface area contributed by atoms with Crippen molar-refractivity contribution in [2.24, 2.45) is 0 Å². The van der Waals surface area contributed by atoms with Gasteiger partial charge < -0.3 is 9.47 Å². The standard InChI is InChI=1S/C14H20N2O2/c1-17-13-7-5-6-12-10-18-11-16(14(12)13)15-8-3-2-4-9-15/h5-7H,2-4,8-11H2,1H3. The maximum absolute atomic E-state index is 5.69. The number of piperidine rings is 1. The van der Waals surface area contributed by atoms with E-state index < -0.39 is 0 Å². The minimum Gasteiger partial charge on any atom is -0.495 e. The van der Waals surface area contributed by atoms with Crippen molar-refractivity contribution in [1.29, 1.82) is 0 Å². The van der Waals surface area contributed by atoms with Crippen LogP contribution in [0.25, 0.3) is 0 Å². The normalized spacial score (nSPS) is 20.6. The summed E-state index contributed by atoms with van der Waals surface area (Å²) < 4.78 is 11.2. The Kier molecular flexibility index (Phi) is 3.39. The number of benzene rings is 1. The van der Waals surface area contributed by atoms with E-state index in [1.807, 2.05) is 12.1 Å². The number of anilines is 1. The Morgan fingerprint density at radius 3 is 2.78 bits per heavy atom. The highest BCUT2D eigenvalue weighted by molar-refractivity contribution is 5.63.